The van der Waals surface area contributed by atoms with Crippen molar-refractivity contribution in [3.63, 3.8) is 0 Å². The van der Waals surface area contributed by atoms with Gasteiger partial charge in [0.25, 0.3) is 0 Å². The molecule has 2 heterocycles. The molecular weight excluding hydrogens is 441 g/mol. The fraction of sp³-hybridized carbons (Fsp3) is 0.737. The van der Waals surface area contributed by atoms with Crippen LogP contribution in [0, 0.1) is 5.92 Å². The minimum atomic E-state index is -5.08. The fourth-order valence-corrected chi connectivity index (χ4v) is 3.86. The molecule has 1 amide bonds. The van der Waals surface area contributed by atoms with Crippen molar-refractivity contribution in [1.82, 2.24) is 4.90 Å². The van der Waals surface area contributed by atoms with Crippen molar-refractivity contribution in [2.75, 3.05) is 0 Å². The standard InChI is InChI=1S/C17H26N2O6.C2HF3O2/c18-12-4-2-1-3-11-6-7-13(19(11)16(12)23)14(20)9-10(17(24)25)5-8-15(21)22;3-2(4,5)1(6)7/h10-13H,1-9,18H2,(H,21,22)(H,24,25);(H,6,7)/t10-,11+,12+,13+;/m1./s1. The quantitative estimate of drug-likeness (QED) is 0.430. The molecule has 2 rings (SSSR count). The number of hydrogen-bond donors (Lipinski definition) is 4. The van der Waals surface area contributed by atoms with E-state index in [1.807, 2.05) is 0 Å². The second-order valence-electron chi connectivity index (χ2n) is 7.82. The Morgan fingerprint density at radius 2 is 1.59 bits per heavy atom. The first-order chi connectivity index (χ1) is 14.8. The molecule has 0 spiro atoms. The Balaban J connectivity index is 0.000000633. The van der Waals surface area contributed by atoms with Crippen molar-refractivity contribution in [2.24, 2.45) is 11.7 Å². The number of carboxylic acid groups (broad SMARTS) is 3. The Labute approximate surface area is 181 Å². The number of carbonyl (C=O) groups is 5. The second kappa shape index (κ2) is 11.8. The van der Waals surface area contributed by atoms with Crippen LogP contribution in [0.15, 0.2) is 0 Å². The van der Waals surface area contributed by atoms with Crippen LogP contribution in [0.2, 0.25) is 0 Å². The van der Waals surface area contributed by atoms with Gasteiger partial charge < -0.3 is 26.0 Å². The van der Waals surface area contributed by atoms with Crippen LogP contribution in [0.3, 0.4) is 0 Å². The average molecular weight is 468 g/mol. The lowest BCUT2D eigenvalue weighted by Gasteiger charge is -2.34. The fourth-order valence-electron chi connectivity index (χ4n) is 3.86. The first-order valence-electron chi connectivity index (χ1n) is 10.1. The van der Waals surface area contributed by atoms with Gasteiger partial charge in [0.05, 0.1) is 18.0 Å². The maximum absolute atomic E-state index is 12.7. The molecule has 2 aliphatic heterocycles. The van der Waals surface area contributed by atoms with Crippen LogP contribution in [-0.2, 0) is 24.0 Å². The number of halogens is 3. The van der Waals surface area contributed by atoms with E-state index in [1.54, 1.807) is 4.90 Å². The second-order valence-corrected chi connectivity index (χ2v) is 7.82. The summed E-state index contributed by atoms with van der Waals surface area (Å²) in [7, 11) is 0. The monoisotopic (exact) mass is 468 g/mol. The van der Waals surface area contributed by atoms with Crippen LogP contribution in [0.5, 0.6) is 0 Å². The molecule has 0 aliphatic carbocycles. The zero-order valence-electron chi connectivity index (χ0n) is 17.2. The molecule has 0 bridgehead atoms. The van der Waals surface area contributed by atoms with Gasteiger partial charge in [0, 0.05) is 18.9 Å². The third-order valence-corrected chi connectivity index (χ3v) is 5.49. The Morgan fingerprint density at radius 3 is 2.09 bits per heavy atom. The molecule has 13 heteroatoms. The van der Waals surface area contributed by atoms with Crippen LogP contribution in [0.1, 0.15) is 57.8 Å². The van der Waals surface area contributed by atoms with E-state index in [0.717, 1.165) is 25.7 Å². The van der Waals surface area contributed by atoms with Gasteiger partial charge in [-0.05, 0) is 32.1 Å². The number of amides is 1. The number of carboxylic acids is 3. The lowest BCUT2D eigenvalue weighted by molar-refractivity contribution is -0.192. The molecular formula is C19H27F3N2O8. The molecule has 0 aromatic heterocycles. The summed E-state index contributed by atoms with van der Waals surface area (Å²) in [6.07, 6.45) is -1.20. The van der Waals surface area contributed by atoms with Crippen molar-refractivity contribution >= 4 is 29.6 Å². The summed E-state index contributed by atoms with van der Waals surface area (Å²) in [6, 6.07) is -1.25. The van der Waals surface area contributed by atoms with Crippen LogP contribution < -0.4 is 5.73 Å². The minimum absolute atomic E-state index is 0.00454. The van der Waals surface area contributed by atoms with Crippen molar-refractivity contribution < 1.29 is 52.5 Å². The summed E-state index contributed by atoms with van der Waals surface area (Å²) < 4.78 is 31.7. The first-order valence-corrected chi connectivity index (χ1v) is 10.1. The average Bonchev–Trinajstić information content (AvgIpc) is 3.09. The summed E-state index contributed by atoms with van der Waals surface area (Å²) in [4.78, 5) is 57.7. The zero-order chi connectivity index (χ0) is 24.6. The molecule has 0 aromatic rings. The first kappa shape index (κ1) is 27.3. The largest absolute Gasteiger partial charge is 0.490 e. The van der Waals surface area contributed by atoms with Gasteiger partial charge in [-0.3, -0.25) is 19.2 Å². The highest BCUT2D eigenvalue weighted by Crippen LogP contribution is 2.32. The lowest BCUT2D eigenvalue weighted by atomic mass is 9.93. The predicted molar refractivity (Wildman–Crippen MR) is 101 cm³/mol. The smallest absolute Gasteiger partial charge is 0.481 e. The molecule has 0 unspecified atom stereocenters. The normalized spacial score (nSPS) is 24.3. The van der Waals surface area contributed by atoms with Crippen molar-refractivity contribution in [1.29, 1.82) is 0 Å². The van der Waals surface area contributed by atoms with Crippen molar-refractivity contribution in [2.45, 2.75) is 82.1 Å². The van der Waals surface area contributed by atoms with Crippen molar-refractivity contribution in [3.05, 3.63) is 0 Å². The van der Waals surface area contributed by atoms with E-state index in [2.05, 4.69) is 0 Å². The Morgan fingerprint density at radius 1 is 1.03 bits per heavy atom. The Kier molecular flexibility index (Phi) is 10.1. The number of aliphatic carboxylic acids is 3. The van der Waals surface area contributed by atoms with E-state index in [1.165, 1.54) is 0 Å². The topological polar surface area (TPSA) is 175 Å². The number of hydrogen-bond acceptors (Lipinski definition) is 6. The van der Waals surface area contributed by atoms with Gasteiger partial charge in [-0.25, -0.2) is 4.79 Å². The molecule has 0 radical (unpaired) electrons. The highest BCUT2D eigenvalue weighted by atomic mass is 19.4. The maximum atomic E-state index is 12.7. The third-order valence-electron chi connectivity index (χ3n) is 5.49. The zero-order valence-corrected chi connectivity index (χ0v) is 17.2. The number of rotatable bonds is 7. The van der Waals surface area contributed by atoms with Crippen LogP contribution in [0.25, 0.3) is 0 Å². The lowest BCUT2D eigenvalue weighted by Crippen LogP contribution is -2.52. The summed E-state index contributed by atoms with van der Waals surface area (Å²) >= 11 is 0. The molecule has 0 aromatic carbocycles. The van der Waals surface area contributed by atoms with E-state index < -0.39 is 42.1 Å². The van der Waals surface area contributed by atoms with E-state index in [-0.39, 0.29) is 37.0 Å². The SMILES string of the molecule is N[C@H]1CCCC[C@H]2CC[C@@H](C(=O)C[C@@H](CCC(=O)O)C(=O)O)N2C1=O.O=C(O)C(F)(F)F. The van der Waals surface area contributed by atoms with E-state index >= 15 is 0 Å². The van der Waals surface area contributed by atoms with E-state index in [9.17, 15) is 37.5 Å². The number of ketones is 1. The van der Waals surface area contributed by atoms with Gasteiger partial charge in [0.2, 0.25) is 5.91 Å². The molecule has 2 saturated heterocycles. The number of alkyl halides is 3. The molecule has 32 heavy (non-hydrogen) atoms. The van der Waals surface area contributed by atoms with Crippen LogP contribution >= 0.6 is 0 Å². The highest BCUT2D eigenvalue weighted by Gasteiger charge is 2.43. The van der Waals surface area contributed by atoms with Crippen molar-refractivity contribution in [3.8, 4) is 0 Å². The molecule has 182 valence electrons. The van der Waals surface area contributed by atoms with Gasteiger partial charge in [-0.15, -0.1) is 0 Å². The van der Waals surface area contributed by atoms with Gasteiger partial charge in [-0.2, -0.15) is 13.2 Å². The summed E-state index contributed by atoms with van der Waals surface area (Å²) in [6.45, 7) is 0. The third kappa shape index (κ3) is 8.09. The molecule has 5 N–H and O–H groups in total. The molecule has 10 nitrogen and oxygen atoms in total. The molecule has 2 aliphatic rings. The number of nitrogens with zero attached hydrogens (tertiary/aromatic N) is 1. The van der Waals surface area contributed by atoms with Gasteiger partial charge in [0.1, 0.15) is 0 Å². The Bertz CT molecular complexity index is 728. The summed E-state index contributed by atoms with van der Waals surface area (Å²) in [5.74, 6) is -6.60. The minimum Gasteiger partial charge on any atom is -0.481 e. The summed E-state index contributed by atoms with van der Waals surface area (Å²) in [5.41, 5.74) is 5.93. The molecule has 2 fully saturated rings. The van der Waals surface area contributed by atoms with E-state index in [4.69, 9.17) is 20.7 Å². The number of nitrogens with two attached hydrogens (primary N) is 1. The number of carbonyl (C=O) groups excluding carboxylic acids is 2. The van der Waals surface area contributed by atoms with Crippen LogP contribution in [-0.4, -0.2) is 74.1 Å². The van der Waals surface area contributed by atoms with E-state index in [0.29, 0.717) is 12.8 Å². The van der Waals surface area contributed by atoms with Gasteiger partial charge in [-0.1, -0.05) is 12.8 Å². The number of fused-ring (bicyclic) bond motifs is 1. The summed E-state index contributed by atoms with van der Waals surface area (Å²) in [5, 5.41) is 25.1. The molecule has 4 atom stereocenters. The van der Waals surface area contributed by atoms with Gasteiger partial charge >= 0.3 is 24.1 Å². The highest BCUT2D eigenvalue weighted by molar-refractivity contribution is 5.93. The maximum Gasteiger partial charge on any atom is 0.490 e. The predicted octanol–water partition coefficient (Wildman–Crippen LogP) is 1.41. The molecule has 0 saturated carbocycles. The van der Waals surface area contributed by atoms with Gasteiger partial charge in [0.15, 0.2) is 5.78 Å². The number of Topliss-reactive ketones (excluding diaryl/α,β-unsaturated/α-hetero) is 1. The van der Waals surface area contributed by atoms with Crippen LogP contribution in [0.4, 0.5) is 13.2 Å². The Hall–Kier alpha value is -2.70.